The predicted molar refractivity (Wildman–Crippen MR) is 80.4 cm³/mol. The van der Waals surface area contributed by atoms with Crippen LogP contribution in [0, 0.1) is 10.1 Å². The van der Waals surface area contributed by atoms with Crippen molar-refractivity contribution in [3.05, 3.63) is 34.4 Å². The fourth-order valence-corrected chi connectivity index (χ4v) is 2.17. The van der Waals surface area contributed by atoms with E-state index in [9.17, 15) is 14.9 Å². The zero-order valence-corrected chi connectivity index (χ0v) is 12.6. The van der Waals surface area contributed by atoms with Crippen LogP contribution in [0.5, 0.6) is 0 Å². The molecule has 0 aliphatic rings. The van der Waals surface area contributed by atoms with Crippen molar-refractivity contribution in [1.82, 2.24) is 15.5 Å². The van der Waals surface area contributed by atoms with E-state index in [1.807, 2.05) is 6.92 Å². The second kappa shape index (κ2) is 7.55. The molecule has 0 spiro atoms. The molecule has 0 aliphatic heterocycles. The van der Waals surface area contributed by atoms with Crippen molar-refractivity contribution in [2.24, 2.45) is 0 Å². The summed E-state index contributed by atoms with van der Waals surface area (Å²) in [4.78, 5) is 21.7. The Hall–Kier alpha value is -2.42. The van der Waals surface area contributed by atoms with E-state index in [1.165, 1.54) is 12.1 Å². The summed E-state index contributed by atoms with van der Waals surface area (Å²) < 4.78 is 5.40. The van der Waals surface area contributed by atoms with Crippen molar-refractivity contribution in [1.29, 1.82) is 0 Å². The molecule has 9 heteroatoms. The monoisotopic (exact) mass is 322 g/mol. The maximum atomic E-state index is 11.5. The zero-order chi connectivity index (χ0) is 15.9. The molecule has 8 nitrogen and oxygen atoms in total. The van der Waals surface area contributed by atoms with E-state index < -0.39 is 4.92 Å². The van der Waals surface area contributed by atoms with Crippen molar-refractivity contribution < 1.29 is 14.1 Å². The number of benzene rings is 1. The number of nitro benzene ring substituents is 1. The Labute approximate surface area is 130 Å². The van der Waals surface area contributed by atoms with Crippen LogP contribution in [0.3, 0.4) is 0 Å². The lowest BCUT2D eigenvalue weighted by molar-refractivity contribution is -0.384. The van der Waals surface area contributed by atoms with Gasteiger partial charge in [-0.05, 0) is 12.5 Å². The summed E-state index contributed by atoms with van der Waals surface area (Å²) in [5.41, 5.74) is 0.410. The molecule has 0 aliphatic carbocycles. The molecule has 2 aromatic rings. The lowest BCUT2D eigenvalue weighted by Gasteiger charge is -2.00. The molecule has 0 atom stereocenters. The van der Waals surface area contributed by atoms with E-state index in [-0.39, 0.29) is 28.5 Å². The molecule has 0 bridgehead atoms. The first-order chi connectivity index (χ1) is 10.6. The molecule has 0 fully saturated rings. The van der Waals surface area contributed by atoms with Gasteiger partial charge < -0.3 is 9.73 Å². The zero-order valence-electron chi connectivity index (χ0n) is 11.8. The fourth-order valence-electron chi connectivity index (χ4n) is 1.58. The van der Waals surface area contributed by atoms with Gasteiger partial charge in [0, 0.05) is 24.2 Å². The predicted octanol–water partition coefficient (Wildman–Crippen LogP) is 2.26. The largest absolute Gasteiger partial charge is 0.411 e. The van der Waals surface area contributed by atoms with Crippen molar-refractivity contribution >= 4 is 23.4 Å². The standard InChI is InChI=1S/C13H14N4O4S/c1-2-6-14-11(18)8-22-13-16-15-12(21-13)9-4-3-5-10(7-9)17(19)20/h3-5,7H,2,6,8H2,1H3,(H,14,18). The maximum Gasteiger partial charge on any atom is 0.277 e. The Balaban J connectivity index is 2.01. The minimum atomic E-state index is -0.492. The molecule has 2 rings (SSSR count). The van der Waals surface area contributed by atoms with Crippen molar-refractivity contribution in [3.8, 4) is 11.5 Å². The number of nitro groups is 1. The van der Waals surface area contributed by atoms with E-state index in [0.717, 1.165) is 18.2 Å². The molecule has 0 saturated heterocycles. The first-order valence-corrected chi connectivity index (χ1v) is 7.56. The number of nitrogens with one attached hydrogen (secondary N) is 1. The van der Waals surface area contributed by atoms with Crippen molar-refractivity contribution in [3.63, 3.8) is 0 Å². The second-order valence-electron chi connectivity index (χ2n) is 4.32. The molecular weight excluding hydrogens is 308 g/mol. The summed E-state index contributed by atoms with van der Waals surface area (Å²) in [5.74, 6) is 0.249. The molecule has 22 heavy (non-hydrogen) atoms. The number of hydrogen-bond donors (Lipinski definition) is 1. The normalized spacial score (nSPS) is 10.4. The third-order valence-corrected chi connectivity index (χ3v) is 3.43. The van der Waals surface area contributed by atoms with E-state index in [1.54, 1.807) is 12.1 Å². The van der Waals surface area contributed by atoms with Gasteiger partial charge >= 0.3 is 0 Å². The van der Waals surface area contributed by atoms with Gasteiger partial charge in [-0.1, -0.05) is 24.8 Å². The van der Waals surface area contributed by atoms with Gasteiger partial charge in [-0.15, -0.1) is 10.2 Å². The number of carbonyl (C=O) groups is 1. The summed E-state index contributed by atoms with van der Waals surface area (Å²) in [5, 5.41) is 21.4. The first kappa shape index (κ1) is 16.0. The Morgan fingerprint density at radius 2 is 2.27 bits per heavy atom. The topological polar surface area (TPSA) is 111 Å². The molecule has 1 N–H and O–H groups in total. The third-order valence-electron chi connectivity index (χ3n) is 2.61. The van der Waals surface area contributed by atoms with E-state index in [4.69, 9.17) is 4.42 Å². The van der Waals surface area contributed by atoms with Crippen LogP contribution in [-0.2, 0) is 4.79 Å². The average molecular weight is 322 g/mol. The Morgan fingerprint density at radius 3 is 3.00 bits per heavy atom. The van der Waals surface area contributed by atoms with Crippen LogP contribution < -0.4 is 5.32 Å². The highest BCUT2D eigenvalue weighted by Crippen LogP contribution is 2.25. The average Bonchev–Trinajstić information content (AvgIpc) is 3.00. The van der Waals surface area contributed by atoms with Crippen LogP contribution in [0.2, 0.25) is 0 Å². The van der Waals surface area contributed by atoms with Gasteiger partial charge in [0.05, 0.1) is 10.7 Å². The number of carbonyl (C=O) groups excluding carboxylic acids is 1. The van der Waals surface area contributed by atoms with Gasteiger partial charge in [0.25, 0.3) is 10.9 Å². The smallest absolute Gasteiger partial charge is 0.277 e. The minimum Gasteiger partial charge on any atom is -0.411 e. The highest BCUT2D eigenvalue weighted by molar-refractivity contribution is 7.99. The van der Waals surface area contributed by atoms with E-state index in [2.05, 4.69) is 15.5 Å². The molecule has 1 aromatic carbocycles. The minimum absolute atomic E-state index is 0.0520. The SMILES string of the molecule is CCCNC(=O)CSc1nnc(-c2cccc([N+](=O)[O-])c2)o1. The summed E-state index contributed by atoms with van der Waals surface area (Å²) >= 11 is 1.12. The molecule has 0 radical (unpaired) electrons. The third kappa shape index (κ3) is 4.29. The summed E-state index contributed by atoms with van der Waals surface area (Å²) in [6, 6.07) is 5.93. The fraction of sp³-hybridized carbons (Fsp3) is 0.308. The van der Waals surface area contributed by atoms with Crippen molar-refractivity contribution in [2.75, 3.05) is 12.3 Å². The van der Waals surface area contributed by atoms with Crippen LogP contribution in [-0.4, -0.2) is 33.3 Å². The number of rotatable bonds is 7. The lowest BCUT2D eigenvalue weighted by atomic mass is 10.2. The molecule has 116 valence electrons. The highest BCUT2D eigenvalue weighted by atomic mass is 32.2. The summed E-state index contributed by atoms with van der Waals surface area (Å²) in [6.07, 6.45) is 0.869. The van der Waals surface area contributed by atoms with Crippen LogP contribution >= 0.6 is 11.8 Å². The molecule has 0 unspecified atom stereocenters. The molecule has 1 aromatic heterocycles. The number of non-ortho nitro benzene ring substituents is 1. The number of thioether (sulfide) groups is 1. The van der Waals surface area contributed by atoms with Gasteiger partial charge in [-0.3, -0.25) is 14.9 Å². The summed E-state index contributed by atoms with van der Waals surface area (Å²) in [6.45, 7) is 2.60. The van der Waals surface area contributed by atoms with Crippen molar-refractivity contribution in [2.45, 2.75) is 18.6 Å². The van der Waals surface area contributed by atoms with Gasteiger partial charge in [-0.2, -0.15) is 0 Å². The second-order valence-corrected chi connectivity index (χ2v) is 5.25. The van der Waals surface area contributed by atoms with Crippen LogP contribution in [0.4, 0.5) is 5.69 Å². The molecule has 0 saturated carbocycles. The maximum absolute atomic E-state index is 11.5. The Morgan fingerprint density at radius 1 is 1.45 bits per heavy atom. The lowest BCUT2D eigenvalue weighted by Crippen LogP contribution is -2.25. The van der Waals surface area contributed by atoms with Crippen LogP contribution in [0.1, 0.15) is 13.3 Å². The number of nitrogens with zero attached hydrogens (tertiary/aromatic N) is 3. The Bertz CT molecular complexity index is 674. The first-order valence-electron chi connectivity index (χ1n) is 6.58. The van der Waals surface area contributed by atoms with E-state index in [0.29, 0.717) is 12.1 Å². The van der Waals surface area contributed by atoms with E-state index >= 15 is 0 Å². The Kier molecular flexibility index (Phi) is 5.48. The van der Waals surface area contributed by atoms with Crippen LogP contribution in [0.25, 0.3) is 11.5 Å². The quantitative estimate of drug-likeness (QED) is 0.473. The molecular formula is C13H14N4O4S. The summed E-state index contributed by atoms with van der Waals surface area (Å²) in [7, 11) is 0. The molecule has 1 amide bonds. The van der Waals surface area contributed by atoms with Crippen LogP contribution in [0.15, 0.2) is 33.9 Å². The number of aromatic nitrogens is 2. The number of hydrogen-bond acceptors (Lipinski definition) is 7. The van der Waals surface area contributed by atoms with Gasteiger partial charge in [0.1, 0.15) is 0 Å². The molecule has 1 heterocycles. The number of amides is 1. The van der Waals surface area contributed by atoms with Gasteiger partial charge in [0.15, 0.2) is 0 Å². The van der Waals surface area contributed by atoms with Gasteiger partial charge in [0.2, 0.25) is 11.8 Å². The van der Waals surface area contributed by atoms with Gasteiger partial charge in [-0.25, -0.2) is 0 Å². The highest BCUT2D eigenvalue weighted by Gasteiger charge is 2.13.